The van der Waals surface area contributed by atoms with Gasteiger partial charge in [-0.25, -0.2) is 0 Å². The lowest BCUT2D eigenvalue weighted by Crippen LogP contribution is -2.23. The van der Waals surface area contributed by atoms with Gasteiger partial charge in [0.25, 0.3) is 0 Å². The lowest BCUT2D eigenvalue weighted by Gasteiger charge is -2.18. The highest BCUT2D eigenvalue weighted by Crippen LogP contribution is 2.24. The summed E-state index contributed by atoms with van der Waals surface area (Å²) in [4.78, 5) is 0. The molecule has 1 aromatic rings. The summed E-state index contributed by atoms with van der Waals surface area (Å²) in [6.07, 6.45) is 1.11. The molecule has 0 radical (unpaired) electrons. The van der Waals surface area contributed by atoms with Crippen LogP contribution in [0, 0.1) is 11.8 Å². The summed E-state index contributed by atoms with van der Waals surface area (Å²) in [6, 6.07) is 7.90. The van der Waals surface area contributed by atoms with Crippen molar-refractivity contribution in [1.82, 2.24) is 0 Å². The number of rotatable bonds is 6. The maximum atomic E-state index is 5.76. The van der Waals surface area contributed by atoms with E-state index in [-0.39, 0.29) is 0 Å². The Morgan fingerprint density at radius 2 is 2.00 bits per heavy atom. The fraction of sp³-hybridized carbons (Fsp3) is 0.538. The summed E-state index contributed by atoms with van der Waals surface area (Å²) in [5.74, 6) is 1.99. The highest BCUT2D eigenvalue weighted by atomic mass is 79.9. The third kappa shape index (κ3) is 4.54. The van der Waals surface area contributed by atoms with Crippen molar-refractivity contribution < 1.29 is 4.74 Å². The Hall–Kier alpha value is -0.540. The van der Waals surface area contributed by atoms with E-state index in [0.29, 0.717) is 25.0 Å². The van der Waals surface area contributed by atoms with Crippen molar-refractivity contribution in [3.8, 4) is 5.75 Å². The zero-order chi connectivity index (χ0) is 12.0. The average molecular weight is 286 g/mol. The van der Waals surface area contributed by atoms with Gasteiger partial charge < -0.3 is 10.5 Å². The average Bonchev–Trinajstić information content (AvgIpc) is 2.25. The van der Waals surface area contributed by atoms with Gasteiger partial charge in [-0.1, -0.05) is 26.0 Å². The lowest BCUT2D eigenvalue weighted by molar-refractivity contribution is 0.229. The molecule has 0 heterocycles. The molecule has 3 heteroatoms. The second-order valence-electron chi connectivity index (χ2n) is 4.47. The van der Waals surface area contributed by atoms with Crippen LogP contribution in [0.5, 0.6) is 5.75 Å². The molecule has 0 aliphatic carbocycles. The lowest BCUT2D eigenvalue weighted by atomic mass is 9.98. The first-order valence-corrected chi connectivity index (χ1v) is 6.50. The summed E-state index contributed by atoms with van der Waals surface area (Å²) in [6.45, 7) is 5.79. The largest absolute Gasteiger partial charge is 0.492 e. The Morgan fingerprint density at radius 3 is 2.56 bits per heavy atom. The van der Waals surface area contributed by atoms with Gasteiger partial charge in [0.1, 0.15) is 5.75 Å². The molecular formula is C13H20BrNO. The predicted octanol–water partition coefficient (Wildman–Crippen LogP) is 3.45. The van der Waals surface area contributed by atoms with Gasteiger partial charge in [-0.2, -0.15) is 0 Å². The third-order valence-corrected chi connectivity index (χ3v) is 3.10. The number of benzene rings is 1. The molecule has 0 spiro atoms. The maximum absolute atomic E-state index is 5.76. The Labute approximate surface area is 106 Å². The zero-order valence-corrected chi connectivity index (χ0v) is 11.5. The SMILES string of the molecule is CC(C)CC(CN)COc1ccccc1Br. The first-order valence-electron chi connectivity index (χ1n) is 5.71. The molecule has 0 aromatic heterocycles. The maximum Gasteiger partial charge on any atom is 0.133 e. The number of hydrogen-bond acceptors (Lipinski definition) is 2. The molecule has 0 saturated heterocycles. The van der Waals surface area contributed by atoms with Gasteiger partial charge in [0, 0.05) is 5.92 Å². The third-order valence-electron chi connectivity index (χ3n) is 2.45. The van der Waals surface area contributed by atoms with E-state index in [1.165, 1.54) is 0 Å². The van der Waals surface area contributed by atoms with E-state index in [1.807, 2.05) is 24.3 Å². The van der Waals surface area contributed by atoms with Crippen molar-refractivity contribution in [2.45, 2.75) is 20.3 Å². The van der Waals surface area contributed by atoms with Crippen LogP contribution in [-0.4, -0.2) is 13.2 Å². The van der Waals surface area contributed by atoms with Crippen molar-refractivity contribution in [2.75, 3.05) is 13.2 Å². The quantitative estimate of drug-likeness (QED) is 0.869. The minimum absolute atomic E-state index is 0.437. The van der Waals surface area contributed by atoms with Gasteiger partial charge in [-0.05, 0) is 46.9 Å². The molecule has 1 unspecified atom stereocenters. The van der Waals surface area contributed by atoms with Crippen LogP contribution in [0.3, 0.4) is 0 Å². The molecule has 1 rings (SSSR count). The minimum Gasteiger partial charge on any atom is -0.492 e. The Morgan fingerprint density at radius 1 is 1.31 bits per heavy atom. The first kappa shape index (κ1) is 13.5. The van der Waals surface area contributed by atoms with Gasteiger partial charge in [0.05, 0.1) is 11.1 Å². The molecule has 2 nitrogen and oxygen atoms in total. The molecule has 0 fully saturated rings. The molecule has 0 bridgehead atoms. The van der Waals surface area contributed by atoms with Crippen LogP contribution >= 0.6 is 15.9 Å². The predicted molar refractivity (Wildman–Crippen MR) is 71.6 cm³/mol. The number of nitrogens with two attached hydrogens (primary N) is 1. The van der Waals surface area contributed by atoms with Crippen LogP contribution in [0.4, 0.5) is 0 Å². The molecule has 0 aliphatic heterocycles. The van der Waals surface area contributed by atoms with Gasteiger partial charge in [0.15, 0.2) is 0 Å². The van der Waals surface area contributed by atoms with Crippen molar-refractivity contribution in [2.24, 2.45) is 17.6 Å². The monoisotopic (exact) mass is 285 g/mol. The van der Waals surface area contributed by atoms with Gasteiger partial charge >= 0.3 is 0 Å². The molecule has 1 atom stereocenters. The summed E-state index contributed by atoms with van der Waals surface area (Å²) in [5.41, 5.74) is 5.73. The summed E-state index contributed by atoms with van der Waals surface area (Å²) < 4.78 is 6.76. The minimum atomic E-state index is 0.437. The molecule has 16 heavy (non-hydrogen) atoms. The van der Waals surface area contributed by atoms with Crippen LogP contribution in [0.2, 0.25) is 0 Å². The molecule has 1 aromatic carbocycles. The fourth-order valence-corrected chi connectivity index (χ4v) is 2.07. The smallest absolute Gasteiger partial charge is 0.133 e. The topological polar surface area (TPSA) is 35.2 Å². The first-order chi connectivity index (χ1) is 7.63. The zero-order valence-electron chi connectivity index (χ0n) is 9.95. The van der Waals surface area contributed by atoms with Crippen LogP contribution in [0.15, 0.2) is 28.7 Å². The van der Waals surface area contributed by atoms with E-state index in [0.717, 1.165) is 16.6 Å². The molecule has 0 saturated carbocycles. The van der Waals surface area contributed by atoms with E-state index in [2.05, 4.69) is 29.8 Å². The van der Waals surface area contributed by atoms with Crippen LogP contribution in [0.25, 0.3) is 0 Å². The number of hydrogen-bond donors (Lipinski definition) is 1. The van der Waals surface area contributed by atoms with Crippen molar-refractivity contribution in [1.29, 1.82) is 0 Å². The number of ether oxygens (including phenoxy) is 1. The summed E-state index contributed by atoms with van der Waals surface area (Å²) in [5, 5.41) is 0. The van der Waals surface area contributed by atoms with Crippen LogP contribution in [-0.2, 0) is 0 Å². The fourth-order valence-electron chi connectivity index (χ4n) is 1.67. The van der Waals surface area contributed by atoms with Crippen molar-refractivity contribution in [3.63, 3.8) is 0 Å². The highest BCUT2D eigenvalue weighted by molar-refractivity contribution is 9.10. The second-order valence-corrected chi connectivity index (χ2v) is 5.33. The summed E-state index contributed by atoms with van der Waals surface area (Å²) >= 11 is 3.46. The Kier molecular flexibility index (Phi) is 5.85. The highest BCUT2D eigenvalue weighted by Gasteiger charge is 2.10. The normalized spacial score (nSPS) is 12.8. The van der Waals surface area contributed by atoms with Gasteiger partial charge in [-0.3, -0.25) is 0 Å². The summed E-state index contributed by atoms with van der Waals surface area (Å²) in [7, 11) is 0. The van der Waals surface area contributed by atoms with Gasteiger partial charge in [0.2, 0.25) is 0 Å². The molecule has 0 aliphatic rings. The van der Waals surface area contributed by atoms with Crippen LogP contribution < -0.4 is 10.5 Å². The Balaban J connectivity index is 2.46. The van der Waals surface area contributed by atoms with Crippen molar-refractivity contribution in [3.05, 3.63) is 28.7 Å². The standard InChI is InChI=1S/C13H20BrNO/c1-10(2)7-11(8-15)9-16-13-6-4-3-5-12(13)14/h3-6,10-11H,7-9,15H2,1-2H3. The number of para-hydroxylation sites is 1. The van der Waals surface area contributed by atoms with Crippen molar-refractivity contribution >= 4 is 15.9 Å². The molecule has 0 amide bonds. The second kappa shape index (κ2) is 6.92. The Bertz CT molecular complexity index is 315. The van der Waals surface area contributed by atoms with E-state index in [9.17, 15) is 0 Å². The van der Waals surface area contributed by atoms with E-state index >= 15 is 0 Å². The van der Waals surface area contributed by atoms with E-state index < -0.39 is 0 Å². The molecule has 2 N–H and O–H groups in total. The molecule has 90 valence electrons. The van der Waals surface area contributed by atoms with Crippen LogP contribution in [0.1, 0.15) is 20.3 Å². The molecular weight excluding hydrogens is 266 g/mol. The van der Waals surface area contributed by atoms with E-state index in [4.69, 9.17) is 10.5 Å². The van der Waals surface area contributed by atoms with E-state index in [1.54, 1.807) is 0 Å². The van der Waals surface area contributed by atoms with Gasteiger partial charge in [-0.15, -0.1) is 0 Å². The number of halogens is 1.